The predicted molar refractivity (Wildman–Crippen MR) is 79.7 cm³/mol. The third kappa shape index (κ3) is 4.13. The summed E-state index contributed by atoms with van der Waals surface area (Å²) in [5, 5.41) is 0. The summed E-state index contributed by atoms with van der Waals surface area (Å²) in [4.78, 5) is 0.243. The van der Waals surface area contributed by atoms with E-state index in [4.69, 9.17) is 27.4 Å². The molecule has 0 fully saturated rings. The Labute approximate surface area is 126 Å². The van der Waals surface area contributed by atoms with Gasteiger partial charge in [-0.15, -0.1) is 0 Å². The lowest BCUT2D eigenvalue weighted by Gasteiger charge is -2.11. The van der Waals surface area contributed by atoms with Crippen molar-refractivity contribution in [3.8, 4) is 11.5 Å². The van der Waals surface area contributed by atoms with E-state index in [1.165, 1.54) is 6.07 Å². The van der Waals surface area contributed by atoms with Gasteiger partial charge in [0.05, 0.1) is 5.56 Å². The number of hydrogen-bond donors (Lipinski definition) is 1. The van der Waals surface area contributed by atoms with Gasteiger partial charge in [0, 0.05) is 6.07 Å². The first-order valence-electron chi connectivity index (χ1n) is 6.17. The zero-order valence-corrected chi connectivity index (χ0v) is 11.8. The molecule has 2 rings (SSSR count). The van der Waals surface area contributed by atoms with Crippen molar-refractivity contribution in [1.82, 2.24) is 0 Å². The van der Waals surface area contributed by atoms with E-state index in [2.05, 4.69) is 0 Å². The van der Waals surface area contributed by atoms with Gasteiger partial charge >= 0.3 is 0 Å². The lowest BCUT2D eigenvalue weighted by molar-refractivity contribution is 0.216. The Morgan fingerprint density at radius 3 is 2.43 bits per heavy atom. The van der Waals surface area contributed by atoms with Crippen LogP contribution >= 0.6 is 12.2 Å². The smallest absolute Gasteiger partial charge is 0.162 e. The number of thiocarbonyl (C=S) groups is 1. The minimum absolute atomic E-state index is 0.177. The average molecular weight is 309 g/mol. The van der Waals surface area contributed by atoms with Gasteiger partial charge in [0.15, 0.2) is 11.6 Å². The molecule has 3 nitrogen and oxygen atoms in total. The summed E-state index contributed by atoms with van der Waals surface area (Å²) in [7, 11) is 0. The number of halogens is 2. The Bertz CT molecular complexity index is 649. The first-order valence-corrected chi connectivity index (χ1v) is 6.58. The lowest BCUT2D eigenvalue weighted by atomic mass is 10.2. The molecule has 21 heavy (non-hydrogen) atoms. The van der Waals surface area contributed by atoms with Crippen molar-refractivity contribution in [1.29, 1.82) is 0 Å². The van der Waals surface area contributed by atoms with Crippen LogP contribution < -0.4 is 15.2 Å². The first-order chi connectivity index (χ1) is 10.1. The quantitative estimate of drug-likeness (QED) is 0.658. The molecule has 6 heteroatoms. The van der Waals surface area contributed by atoms with Crippen LogP contribution in [0.4, 0.5) is 8.78 Å². The highest BCUT2D eigenvalue weighted by atomic mass is 32.1. The zero-order valence-electron chi connectivity index (χ0n) is 11.0. The monoisotopic (exact) mass is 309 g/mol. The molecule has 2 N–H and O–H groups in total. The van der Waals surface area contributed by atoms with Crippen LogP contribution in [0.5, 0.6) is 11.5 Å². The van der Waals surface area contributed by atoms with Gasteiger partial charge in [-0.25, -0.2) is 8.78 Å². The van der Waals surface area contributed by atoms with Crippen molar-refractivity contribution in [3.05, 3.63) is 59.7 Å². The van der Waals surface area contributed by atoms with E-state index in [9.17, 15) is 8.78 Å². The van der Waals surface area contributed by atoms with Crippen molar-refractivity contribution in [2.75, 3.05) is 13.2 Å². The maximum absolute atomic E-state index is 13.0. The molecule has 0 aliphatic carbocycles. The fraction of sp³-hybridized carbons (Fsp3) is 0.133. The van der Waals surface area contributed by atoms with Crippen LogP contribution in [0, 0.1) is 11.6 Å². The summed E-state index contributed by atoms with van der Waals surface area (Å²) in [6.45, 7) is 0.398. The summed E-state index contributed by atoms with van der Waals surface area (Å²) < 4.78 is 36.5. The average Bonchev–Trinajstić information content (AvgIpc) is 2.47. The third-order valence-corrected chi connectivity index (χ3v) is 2.87. The van der Waals surface area contributed by atoms with Gasteiger partial charge < -0.3 is 15.2 Å². The van der Waals surface area contributed by atoms with E-state index in [0.717, 1.165) is 12.1 Å². The largest absolute Gasteiger partial charge is 0.490 e. The maximum atomic E-state index is 13.0. The molecular formula is C15H13F2NO2S. The number of ether oxygens (including phenoxy) is 2. The molecule has 0 aliphatic heterocycles. The van der Waals surface area contributed by atoms with Crippen LogP contribution in [0.25, 0.3) is 0 Å². The number of rotatable bonds is 6. The summed E-state index contributed by atoms with van der Waals surface area (Å²) in [5.41, 5.74) is 6.22. The van der Waals surface area contributed by atoms with E-state index in [0.29, 0.717) is 11.3 Å². The number of hydrogen-bond acceptors (Lipinski definition) is 3. The van der Waals surface area contributed by atoms with E-state index in [1.807, 2.05) is 0 Å². The minimum atomic E-state index is -0.952. The second-order valence-corrected chi connectivity index (χ2v) is 4.57. The molecule has 0 amide bonds. The van der Waals surface area contributed by atoms with Crippen LogP contribution in [-0.4, -0.2) is 18.2 Å². The fourth-order valence-electron chi connectivity index (χ4n) is 1.67. The molecule has 0 unspecified atom stereocenters. The third-order valence-electron chi connectivity index (χ3n) is 2.65. The Morgan fingerprint density at radius 1 is 1.00 bits per heavy atom. The first kappa shape index (κ1) is 15.2. The van der Waals surface area contributed by atoms with Gasteiger partial charge in [0.2, 0.25) is 0 Å². The van der Waals surface area contributed by atoms with E-state index in [1.54, 1.807) is 24.3 Å². The van der Waals surface area contributed by atoms with Crippen LogP contribution in [-0.2, 0) is 0 Å². The SMILES string of the molecule is NC(=S)c1ccccc1OCCOc1ccc(F)c(F)c1. The molecule has 0 bridgehead atoms. The van der Waals surface area contributed by atoms with Gasteiger partial charge in [-0.05, 0) is 24.3 Å². The number of benzene rings is 2. The Morgan fingerprint density at radius 2 is 1.71 bits per heavy atom. The van der Waals surface area contributed by atoms with E-state index < -0.39 is 11.6 Å². The van der Waals surface area contributed by atoms with E-state index in [-0.39, 0.29) is 24.0 Å². The second kappa shape index (κ2) is 6.99. The van der Waals surface area contributed by atoms with Gasteiger partial charge in [0.25, 0.3) is 0 Å². The lowest BCUT2D eigenvalue weighted by Crippen LogP contribution is -2.14. The van der Waals surface area contributed by atoms with Crippen molar-refractivity contribution >= 4 is 17.2 Å². The molecule has 0 saturated carbocycles. The van der Waals surface area contributed by atoms with Gasteiger partial charge in [0.1, 0.15) is 29.7 Å². The molecular weight excluding hydrogens is 296 g/mol. The summed E-state index contributed by atoms with van der Waals surface area (Å²) in [6.07, 6.45) is 0. The maximum Gasteiger partial charge on any atom is 0.162 e. The molecule has 0 aliphatic rings. The topological polar surface area (TPSA) is 44.5 Å². The van der Waals surface area contributed by atoms with Gasteiger partial charge in [-0.1, -0.05) is 24.4 Å². The number of para-hydroxylation sites is 1. The van der Waals surface area contributed by atoms with Crippen LogP contribution in [0.15, 0.2) is 42.5 Å². The molecule has 0 radical (unpaired) electrons. The highest BCUT2D eigenvalue weighted by molar-refractivity contribution is 7.80. The van der Waals surface area contributed by atoms with Gasteiger partial charge in [-0.3, -0.25) is 0 Å². The molecule has 2 aromatic rings. The van der Waals surface area contributed by atoms with Crippen LogP contribution in [0.3, 0.4) is 0 Å². The molecule has 0 heterocycles. The Balaban J connectivity index is 1.87. The molecule has 110 valence electrons. The van der Waals surface area contributed by atoms with Crippen molar-refractivity contribution < 1.29 is 18.3 Å². The minimum Gasteiger partial charge on any atom is -0.490 e. The zero-order chi connectivity index (χ0) is 15.2. The normalized spacial score (nSPS) is 10.2. The Kier molecular flexibility index (Phi) is 5.05. The molecule has 0 atom stereocenters. The van der Waals surface area contributed by atoms with Crippen LogP contribution in [0.2, 0.25) is 0 Å². The van der Waals surface area contributed by atoms with Crippen molar-refractivity contribution in [2.45, 2.75) is 0 Å². The Hall–Kier alpha value is -2.21. The van der Waals surface area contributed by atoms with Gasteiger partial charge in [-0.2, -0.15) is 0 Å². The highest BCUT2D eigenvalue weighted by Gasteiger charge is 2.06. The van der Waals surface area contributed by atoms with Crippen molar-refractivity contribution in [2.24, 2.45) is 5.73 Å². The molecule has 0 aromatic heterocycles. The summed E-state index contributed by atoms with van der Waals surface area (Å²) >= 11 is 4.92. The molecule has 0 spiro atoms. The summed E-state index contributed by atoms with van der Waals surface area (Å²) in [5.74, 6) is -1.07. The van der Waals surface area contributed by atoms with Crippen LogP contribution in [0.1, 0.15) is 5.56 Å². The second-order valence-electron chi connectivity index (χ2n) is 4.13. The highest BCUT2D eigenvalue weighted by Crippen LogP contribution is 2.18. The molecule has 2 aromatic carbocycles. The fourth-order valence-corrected chi connectivity index (χ4v) is 1.84. The number of nitrogens with two attached hydrogens (primary N) is 1. The standard InChI is InChI=1S/C15H13F2NO2S/c16-12-6-5-10(9-13(12)17)19-7-8-20-14-4-2-1-3-11(14)15(18)21/h1-6,9H,7-8H2,(H2,18,21). The molecule has 0 saturated heterocycles. The summed E-state index contributed by atoms with van der Waals surface area (Å²) in [6, 6.07) is 10.4. The van der Waals surface area contributed by atoms with E-state index >= 15 is 0 Å². The van der Waals surface area contributed by atoms with Crippen molar-refractivity contribution in [3.63, 3.8) is 0 Å². The predicted octanol–water partition coefficient (Wildman–Crippen LogP) is 3.06.